The molecule has 0 bridgehead atoms. The number of hydrogen-bond acceptors (Lipinski definition) is 7. The Bertz CT molecular complexity index is 682. The van der Waals surface area contributed by atoms with Crippen molar-refractivity contribution in [2.24, 2.45) is 10.9 Å². The summed E-state index contributed by atoms with van der Waals surface area (Å²) in [5.41, 5.74) is 0.340. The van der Waals surface area contributed by atoms with Gasteiger partial charge >= 0.3 is 12.8 Å². The Hall–Kier alpha value is -1.92. The number of sulfone groups is 1. The van der Waals surface area contributed by atoms with Gasteiger partial charge in [-0.15, -0.1) is 0 Å². The molecule has 0 aromatic heterocycles. The molecule has 0 aliphatic carbocycles. The van der Waals surface area contributed by atoms with Crippen molar-refractivity contribution in [1.29, 1.82) is 5.41 Å². The van der Waals surface area contributed by atoms with Crippen LogP contribution in [-0.4, -0.2) is 43.5 Å². The molecule has 13 heteroatoms. The number of halogens is 5. The van der Waals surface area contributed by atoms with E-state index in [4.69, 9.17) is 16.0 Å². The Balaban J connectivity index is 3.21. The van der Waals surface area contributed by atoms with Crippen molar-refractivity contribution in [2.45, 2.75) is 38.7 Å². The monoisotopic (exact) mass is 379 g/mol. The average Bonchev–Trinajstić information content (AvgIpc) is 2.74. The maximum atomic E-state index is 12.7. The van der Waals surface area contributed by atoms with Crippen molar-refractivity contribution in [3.8, 4) is 0 Å². The number of hydrogen-bond donors (Lipinski definition) is 2. The van der Waals surface area contributed by atoms with E-state index < -0.39 is 56.2 Å². The summed E-state index contributed by atoms with van der Waals surface area (Å²) in [4.78, 5) is 4.81. The van der Waals surface area contributed by atoms with E-state index >= 15 is 0 Å². The topological polar surface area (TPSA) is 115 Å². The van der Waals surface area contributed by atoms with Gasteiger partial charge in [0.1, 0.15) is 11.3 Å². The lowest BCUT2D eigenvalue weighted by atomic mass is 10.1. The predicted molar refractivity (Wildman–Crippen MR) is 73.1 cm³/mol. The van der Waals surface area contributed by atoms with Gasteiger partial charge in [0.25, 0.3) is 0 Å². The van der Waals surface area contributed by atoms with Gasteiger partial charge in [-0.1, -0.05) is 5.16 Å². The first-order valence-electron chi connectivity index (χ1n) is 6.23. The predicted octanol–water partition coefficient (Wildman–Crippen LogP) is 1.91. The molecule has 1 aliphatic rings. The summed E-state index contributed by atoms with van der Waals surface area (Å²) < 4.78 is 90.2. The zero-order valence-corrected chi connectivity index (χ0v) is 13.3. The minimum atomic E-state index is -5.24. The van der Waals surface area contributed by atoms with Crippen LogP contribution in [0, 0.1) is 5.41 Å². The number of alkyl halides is 5. The largest absolute Gasteiger partial charge is 0.431 e. The molecule has 0 saturated heterocycles. The smallest absolute Gasteiger partial charge is 0.417 e. The molecule has 0 radical (unpaired) electrons. The number of allylic oxidation sites excluding steroid dienone is 1. The highest BCUT2D eigenvalue weighted by Gasteiger charge is 2.41. The van der Waals surface area contributed by atoms with Crippen LogP contribution in [0.5, 0.6) is 0 Å². The van der Waals surface area contributed by atoms with Crippen molar-refractivity contribution >= 4 is 20.8 Å². The maximum absolute atomic E-state index is 12.7. The lowest BCUT2D eigenvalue weighted by molar-refractivity contribution is -0.0941. The molecule has 0 aromatic rings. The molecule has 0 amide bonds. The molecule has 0 fully saturated rings. The third-order valence-electron chi connectivity index (χ3n) is 2.78. The summed E-state index contributed by atoms with van der Waals surface area (Å²) in [5, 5.41) is 9.84. The SMILES string of the molecule is CC1(C)CC(S(=O)(=O)C/C(C(=N)OC(F)F)=C(/N)C(F)(F)F)=NO1. The second-order valence-corrected chi connectivity index (χ2v) is 7.36. The summed E-state index contributed by atoms with van der Waals surface area (Å²) in [6.45, 7) is -0.647. The van der Waals surface area contributed by atoms with Gasteiger partial charge < -0.3 is 15.3 Å². The van der Waals surface area contributed by atoms with E-state index in [0.29, 0.717) is 0 Å². The van der Waals surface area contributed by atoms with Crippen molar-refractivity contribution in [2.75, 3.05) is 5.75 Å². The molecule has 7 nitrogen and oxygen atoms in total. The van der Waals surface area contributed by atoms with E-state index in [0.717, 1.165) is 0 Å². The first-order valence-corrected chi connectivity index (χ1v) is 7.88. The molecule has 1 rings (SSSR count). The Morgan fingerprint density at radius 2 is 2.00 bits per heavy atom. The minimum Gasteiger partial charge on any atom is -0.417 e. The van der Waals surface area contributed by atoms with Crippen LogP contribution in [0.25, 0.3) is 0 Å². The fourth-order valence-corrected chi connectivity index (χ4v) is 3.19. The first kappa shape index (κ1) is 20.1. The highest BCUT2D eigenvalue weighted by Crippen LogP contribution is 2.29. The van der Waals surface area contributed by atoms with Crippen LogP contribution in [-0.2, 0) is 19.4 Å². The normalized spacial score (nSPS) is 18.8. The standard InChI is InChI=1S/C11H14F5N3O4S/c1-10(2)3-6(19-23-10)24(20,21)4-5(7(17)11(14,15)16)8(18)22-9(12)13/h9,18H,3-4,17H2,1-2H3/b7-5-,18-8?. The number of oxime groups is 1. The van der Waals surface area contributed by atoms with E-state index in [-0.39, 0.29) is 6.42 Å². The maximum Gasteiger partial charge on any atom is 0.431 e. The second kappa shape index (κ2) is 6.53. The van der Waals surface area contributed by atoms with Crippen molar-refractivity contribution in [1.82, 2.24) is 0 Å². The molecule has 138 valence electrons. The molecule has 0 spiro atoms. The number of nitrogens with zero attached hydrogens (tertiary/aromatic N) is 1. The Morgan fingerprint density at radius 1 is 1.46 bits per heavy atom. The second-order valence-electron chi connectivity index (χ2n) is 5.37. The van der Waals surface area contributed by atoms with Gasteiger partial charge in [-0.25, -0.2) is 8.42 Å². The van der Waals surface area contributed by atoms with Crippen LogP contribution in [0.2, 0.25) is 0 Å². The number of rotatable bonds is 4. The zero-order valence-electron chi connectivity index (χ0n) is 12.4. The van der Waals surface area contributed by atoms with Crippen LogP contribution in [0.3, 0.4) is 0 Å². The highest BCUT2D eigenvalue weighted by molar-refractivity contribution is 8.06. The quantitative estimate of drug-likeness (QED) is 0.440. The molecule has 3 N–H and O–H groups in total. The van der Waals surface area contributed by atoms with Crippen molar-refractivity contribution in [3.63, 3.8) is 0 Å². The van der Waals surface area contributed by atoms with E-state index in [1.165, 1.54) is 13.8 Å². The summed E-state index contributed by atoms with van der Waals surface area (Å²) in [5.74, 6) is -3.18. The lowest BCUT2D eigenvalue weighted by Gasteiger charge is -2.16. The molecular formula is C11H14F5N3O4S. The van der Waals surface area contributed by atoms with E-state index in [1.54, 1.807) is 0 Å². The van der Waals surface area contributed by atoms with Crippen molar-refractivity contribution < 1.29 is 39.9 Å². The zero-order chi connectivity index (χ0) is 18.9. The number of ether oxygens (including phenoxy) is 1. The van der Waals surface area contributed by atoms with Crippen LogP contribution >= 0.6 is 0 Å². The number of nitrogens with two attached hydrogens (primary N) is 1. The fraction of sp³-hybridized carbons (Fsp3) is 0.636. The van der Waals surface area contributed by atoms with Gasteiger partial charge in [0.15, 0.2) is 14.9 Å². The molecular weight excluding hydrogens is 365 g/mol. The summed E-state index contributed by atoms with van der Waals surface area (Å²) in [6, 6.07) is 0. The van der Waals surface area contributed by atoms with Crippen LogP contribution < -0.4 is 5.73 Å². The van der Waals surface area contributed by atoms with Crippen LogP contribution in [0.4, 0.5) is 22.0 Å². The Labute approximate surface area is 133 Å². The lowest BCUT2D eigenvalue weighted by Crippen LogP contribution is -2.31. The third kappa shape index (κ3) is 5.04. The van der Waals surface area contributed by atoms with Crippen LogP contribution in [0.15, 0.2) is 16.4 Å². The average molecular weight is 379 g/mol. The van der Waals surface area contributed by atoms with Gasteiger partial charge in [-0.2, -0.15) is 22.0 Å². The molecule has 0 saturated carbocycles. The van der Waals surface area contributed by atoms with Crippen molar-refractivity contribution in [3.05, 3.63) is 11.3 Å². The highest BCUT2D eigenvalue weighted by atomic mass is 32.2. The molecule has 0 atom stereocenters. The van der Waals surface area contributed by atoms with Gasteiger partial charge in [-0.3, -0.25) is 5.41 Å². The van der Waals surface area contributed by atoms with E-state index in [9.17, 15) is 30.4 Å². The van der Waals surface area contributed by atoms with Gasteiger partial charge in [0.05, 0.1) is 11.3 Å². The molecule has 0 unspecified atom stereocenters. The number of nitrogens with one attached hydrogen (secondary N) is 1. The molecule has 1 aliphatic heterocycles. The van der Waals surface area contributed by atoms with Crippen LogP contribution in [0.1, 0.15) is 20.3 Å². The summed E-state index contributed by atoms with van der Waals surface area (Å²) in [7, 11) is -4.49. The minimum absolute atomic E-state index is 0.239. The first-order chi connectivity index (χ1) is 10.7. The summed E-state index contributed by atoms with van der Waals surface area (Å²) >= 11 is 0. The fourth-order valence-electron chi connectivity index (χ4n) is 1.64. The molecule has 24 heavy (non-hydrogen) atoms. The van der Waals surface area contributed by atoms with Gasteiger partial charge in [-0.05, 0) is 13.8 Å². The molecule has 1 heterocycles. The van der Waals surface area contributed by atoms with E-state index in [2.05, 4.69) is 9.89 Å². The van der Waals surface area contributed by atoms with Gasteiger partial charge in [0, 0.05) is 6.42 Å². The van der Waals surface area contributed by atoms with E-state index in [1.807, 2.05) is 0 Å². The summed E-state index contributed by atoms with van der Waals surface area (Å²) in [6.07, 6.45) is -5.48. The molecule has 0 aromatic carbocycles. The van der Waals surface area contributed by atoms with Gasteiger partial charge in [0.2, 0.25) is 5.90 Å². The Kier molecular flexibility index (Phi) is 5.48. The third-order valence-corrected chi connectivity index (χ3v) is 4.38. The Morgan fingerprint density at radius 3 is 2.38 bits per heavy atom.